The highest BCUT2D eigenvalue weighted by atomic mass is 16.6. The number of fused-ring (bicyclic) bond motifs is 2. The first-order valence-electron chi connectivity index (χ1n) is 8.84. The van der Waals surface area contributed by atoms with Gasteiger partial charge in [-0.15, -0.1) is 0 Å². The third-order valence-electron chi connectivity index (χ3n) is 4.56. The van der Waals surface area contributed by atoms with Crippen LogP contribution < -0.4 is 14.8 Å². The second-order valence-electron chi connectivity index (χ2n) is 6.46. The predicted octanol–water partition coefficient (Wildman–Crippen LogP) is 4.22. The van der Waals surface area contributed by atoms with Gasteiger partial charge in [-0.1, -0.05) is 29.8 Å². The minimum absolute atomic E-state index is 0.562. The lowest BCUT2D eigenvalue weighted by atomic mass is 10.1. The van der Waals surface area contributed by atoms with E-state index < -0.39 is 0 Å². The van der Waals surface area contributed by atoms with Crippen LogP contribution in [0.3, 0.4) is 0 Å². The summed E-state index contributed by atoms with van der Waals surface area (Å²) in [5, 5.41) is 3.50. The third-order valence-corrected chi connectivity index (χ3v) is 4.56. The second-order valence-corrected chi connectivity index (χ2v) is 6.46. The van der Waals surface area contributed by atoms with Crippen molar-refractivity contribution in [1.82, 2.24) is 14.4 Å². The van der Waals surface area contributed by atoms with Gasteiger partial charge in [-0.25, -0.2) is 4.98 Å². The Labute approximate surface area is 156 Å². The van der Waals surface area contributed by atoms with Gasteiger partial charge in [0.15, 0.2) is 17.1 Å². The van der Waals surface area contributed by atoms with Gasteiger partial charge in [0.25, 0.3) is 0 Å². The molecule has 0 amide bonds. The molecule has 1 aliphatic rings. The number of ether oxygens (including phenoxy) is 2. The van der Waals surface area contributed by atoms with Crippen molar-refractivity contribution < 1.29 is 9.47 Å². The fraction of sp³-hybridized carbons (Fsp3) is 0.143. The fourth-order valence-electron chi connectivity index (χ4n) is 3.20. The van der Waals surface area contributed by atoms with Crippen molar-refractivity contribution in [1.29, 1.82) is 0 Å². The van der Waals surface area contributed by atoms with E-state index >= 15 is 0 Å². The number of hydrogen-bond donors (Lipinski definition) is 1. The molecule has 134 valence electrons. The maximum atomic E-state index is 5.70. The molecule has 1 N–H and O–H groups in total. The second kappa shape index (κ2) is 6.32. The van der Waals surface area contributed by atoms with Crippen molar-refractivity contribution in [2.75, 3.05) is 18.5 Å². The summed E-state index contributed by atoms with van der Waals surface area (Å²) in [5.74, 6) is 2.40. The SMILES string of the molecule is Cc1ccc(-c2nc3cnccn3c2Nc2ccc3c(c2)OCCO3)cc1. The van der Waals surface area contributed by atoms with Crippen LogP contribution >= 0.6 is 0 Å². The van der Waals surface area contributed by atoms with Gasteiger partial charge in [-0.05, 0) is 19.1 Å². The number of aromatic nitrogens is 3. The number of rotatable bonds is 3. The smallest absolute Gasteiger partial charge is 0.163 e. The summed E-state index contributed by atoms with van der Waals surface area (Å²) in [6.07, 6.45) is 5.41. The Morgan fingerprint density at radius 1 is 1.00 bits per heavy atom. The Morgan fingerprint density at radius 3 is 2.67 bits per heavy atom. The van der Waals surface area contributed by atoms with E-state index in [9.17, 15) is 0 Å². The Balaban J connectivity index is 1.61. The number of anilines is 2. The van der Waals surface area contributed by atoms with E-state index in [1.807, 2.05) is 28.8 Å². The zero-order valence-corrected chi connectivity index (χ0v) is 14.8. The van der Waals surface area contributed by atoms with Crippen LogP contribution in [0.1, 0.15) is 5.56 Å². The van der Waals surface area contributed by atoms with Crippen LogP contribution in [-0.4, -0.2) is 27.6 Å². The molecule has 0 atom stereocenters. The molecule has 2 aromatic heterocycles. The summed E-state index contributed by atoms with van der Waals surface area (Å²) in [5.41, 5.74) is 4.83. The first-order chi connectivity index (χ1) is 13.3. The van der Waals surface area contributed by atoms with E-state index in [4.69, 9.17) is 14.5 Å². The van der Waals surface area contributed by atoms with Gasteiger partial charge < -0.3 is 14.8 Å². The van der Waals surface area contributed by atoms with E-state index in [0.717, 1.165) is 39.9 Å². The normalized spacial score (nSPS) is 12.9. The first-order valence-corrected chi connectivity index (χ1v) is 8.84. The molecule has 27 heavy (non-hydrogen) atoms. The van der Waals surface area contributed by atoms with Gasteiger partial charge in [0.1, 0.15) is 24.7 Å². The van der Waals surface area contributed by atoms with Crippen LogP contribution in [0.2, 0.25) is 0 Å². The van der Waals surface area contributed by atoms with E-state index in [1.54, 1.807) is 12.4 Å². The predicted molar refractivity (Wildman–Crippen MR) is 104 cm³/mol. The summed E-state index contributed by atoms with van der Waals surface area (Å²) in [4.78, 5) is 8.97. The van der Waals surface area contributed by atoms with Crippen LogP contribution in [-0.2, 0) is 0 Å². The van der Waals surface area contributed by atoms with Crippen LogP contribution in [0.4, 0.5) is 11.5 Å². The highest BCUT2D eigenvalue weighted by Crippen LogP contribution is 2.36. The summed E-state index contributed by atoms with van der Waals surface area (Å²) in [7, 11) is 0. The van der Waals surface area contributed by atoms with Crippen molar-refractivity contribution in [2.45, 2.75) is 6.92 Å². The van der Waals surface area contributed by atoms with Gasteiger partial charge >= 0.3 is 0 Å². The lowest BCUT2D eigenvalue weighted by molar-refractivity contribution is 0.171. The van der Waals surface area contributed by atoms with Gasteiger partial charge in [0.05, 0.1) is 6.20 Å². The van der Waals surface area contributed by atoms with Crippen molar-refractivity contribution in [2.24, 2.45) is 0 Å². The zero-order chi connectivity index (χ0) is 18.2. The lowest BCUT2D eigenvalue weighted by Crippen LogP contribution is -2.15. The summed E-state index contributed by atoms with van der Waals surface area (Å²) < 4.78 is 13.3. The monoisotopic (exact) mass is 358 g/mol. The first kappa shape index (κ1) is 15.7. The van der Waals surface area contributed by atoms with Crippen molar-refractivity contribution in [3.8, 4) is 22.8 Å². The minimum atomic E-state index is 0.562. The molecule has 4 aromatic rings. The van der Waals surface area contributed by atoms with Crippen molar-refractivity contribution in [3.05, 3.63) is 66.6 Å². The average Bonchev–Trinajstić information content (AvgIpc) is 3.07. The number of nitrogens with zero attached hydrogens (tertiary/aromatic N) is 3. The number of hydrogen-bond acceptors (Lipinski definition) is 5. The van der Waals surface area contributed by atoms with E-state index in [2.05, 4.69) is 41.5 Å². The maximum Gasteiger partial charge on any atom is 0.163 e. The highest BCUT2D eigenvalue weighted by molar-refractivity contribution is 5.80. The van der Waals surface area contributed by atoms with Crippen LogP contribution in [0.15, 0.2) is 61.1 Å². The Bertz CT molecular complexity index is 1120. The molecule has 6 nitrogen and oxygen atoms in total. The van der Waals surface area contributed by atoms with E-state index in [0.29, 0.717) is 13.2 Å². The average molecular weight is 358 g/mol. The molecule has 0 aliphatic carbocycles. The minimum Gasteiger partial charge on any atom is -0.486 e. The molecule has 0 unspecified atom stereocenters. The molecule has 0 spiro atoms. The quantitative estimate of drug-likeness (QED) is 0.594. The van der Waals surface area contributed by atoms with Crippen molar-refractivity contribution >= 4 is 17.2 Å². The van der Waals surface area contributed by atoms with E-state index in [1.165, 1.54) is 5.56 Å². The molecule has 3 heterocycles. The molecule has 0 saturated heterocycles. The van der Waals surface area contributed by atoms with Crippen molar-refractivity contribution in [3.63, 3.8) is 0 Å². The molecular weight excluding hydrogens is 340 g/mol. The number of aryl methyl sites for hydroxylation is 1. The fourth-order valence-corrected chi connectivity index (χ4v) is 3.20. The maximum absolute atomic E-state index is 5.70. The molecule has 6 heteroatoms. The number of nitrogens with one attached hydrogen (secondary N) is 1. The molecular formula is C21H18N4O2. The Hall–Kier alpha value is -3.54. The third kappa shape index (κ3) is 2.85. The molecule has 0 radical (unpaired) electrons. The largest absolute Gasteiger partial charge is 0.486 e. The van der Waals surface area contributed by atoms with Crippen LogP contribution in [0.25, 0.3) is 16.9 Å². The van der Waals surface area contributed by atoms with Gasteiger partial charge in [-0.3, -0.25) is 9.38 Å². The number of imidazole rings is 1. The van der Waals surface area contributed by atoms with Gasteiger partial charge in [-0.2, -0.15) is 0 Å². The molecule has 0 fully saturated rings. The molecule has 0 saturated carbocycles. The number of benzene rings is 2. The standard InChI is InChI=1S/C21H18N4O2/c1-14-2-4-15(5-3-14)20-21(25-9-8-22-13-19(25)24-20)23-16-6-7-17-18(12-16)27-11-10-26-17/h2-9,12-13,23H,10-11H2,1H3. The molecule has 2 aromatic carbocycles. The molecule has 5 rings (SSSR count). The van der Waals surface area contributed by atoms with Crippen LogP contribution in [0.5, 0.6) is 11.5 Å². The molecule has 1 aliphatic heterocycles. The Kier molecular flexibility index (Phi) is 3.67. The molecule has 0 bridgehead atoms. The summed E-state index contributed by atoms with van der Waals surface area (Å²) in [6.45, 7) is 3.22. The van der Waals surface area contributed by atoms with Crippen LogP contribution in [0, 0.1) is 6.92 Å². The summed E-state index contributed by atoms with van der Waals surface area (Å²) >= 11 is 0. The zero-order valence-electron chi connectivity index (χ0n) is 14.8. The topological polar surface area (TPSA) is 60.7 Å². The van der Waals surface area contributed by atoms with Gasteiger partial charge in [0.2, 0.25) is 0 Å². The Morgan fingerprint density at radius 2 is 1.81 bits per heavy atom. The van der Waals surface area contributed by atoms with E-state index in [-0.39, 0.29) is 0 Å². The summed E-state index contributed by atoms with van der Waals surface area (Å²) in [6, 6.07) is 14.2. The lowest BCUT2D eigenvalue weighted by Gasteiger charge is -2.19. The van der Waals surface area contributed by atoms with Gasteiger partial charge in [0, 0.05) is 29.7 Å². The highest BCUT2D eigenvalue weighted by Gasteiger charge is 2.16.